The fourth-order valence-electron chi connectivity index (χ4n) is 1.82. The maximum Gasteiger partial charge on any atom is 0.328 e. The lowest BCUT2D eigenvalue weighted by Gasteiger charge is -2.16. The lowest BCUT2D eigenvalue weighted by molar-refractivity contribution is -0.131. The number of carboxylic acid groups (broad SMARTS) is 1. The molecule has 0 aliphatic heterocycles. The molecule has 1 rings (SSSR count). The van der Waals surface area contributed by atoms with Crippen molar-refractivity contribution in [2.24, 2.45) is 0 Å². The van der Waals surface area contributed by atoms with E-state index >= 15 is 0 Å². The second kappa shape index (κ2) is 7.90. The van der Waals surface area contributed by atoms with Crippen molar-refractivity contribution in [1.29, 1.82) is 0 Å². The molecule has 0 aliphatic rings. The maximum absolute atomic E-state index is 12.3. The van der Waals surface area contributed by atoms with Crippen molar-refractivity contribution in [3.63, 3.8) is 0 Å². The molecule has 0 radical (unpaired) electrons. The normalized spacial score (nSPS) is 13.4. The number of nitrogens with one attached hydrogen (secondary N) is 1. The monoisotopic (exact) mass is 312 g/mol. The first-order valence-corrected chi connectivity index (χ1v) is 8.25. The fraction of sp³-hybridized carbons (Fsp3) is 0.429. The number of pyridine rings is 1. The number of nitrogens with zero attached hydrogens (tertiary/aromatic N) is 1. The molecular weight excluding hydrogens is 292 g/mol. The number of carbonyl (C=O) groups is 1. The zero-order chi connectivity index (χ0) is 15.9. The molecule has 0 amide bonds. The van der Waals surface area contributed by atoms with E-state index < -0.39 is 16.0 Å². The van der Waals surface area contributed by atoms with Gasteiger partial charge in [-0.3, -0.25) is 4.98 Å². The number of aromatic nitrogens is 1. The zero-order valence-corrected chi connectivity index (χ0v) is 12.9. The Bertz CT molecular complexity index is 611. The van der Waals surface area contributed by atoms with Gasteiger partial charge >= 0.3 is 5.97 Å². The van der Waals surface area contributed by atoms with Crippen LogP contribution in [0.1, 0.15) is 38.7 Å². The number of carboxylic acids is 1. The minimum atomic E-state index is -3.65. The highest BCUT2D eigenvalue weighted by Gasteiger charge is 2.19. The van der Waals surface area contributed by atoms with Crippen LogP contribution in [0.2, 0.25) is 0 Å². The van der Waals surface area contributed by atoms with Crippen LogP contribution in [0.25, 0.3) is 6.08 Å². The molecule has 116 valence electrons. The molecule has 0 spiro atoms. The predicted octanol–water partition coefficient (Wildman–Crippen LogP) is 2.04. The summed E-state index contributed by atoms with van der Waals surface area (Å²) in [5, 5.41) is 8.58. The molecular formula is C14H20N2O4S. The Balaban J connectivity index is 2.98. The van der Waals surface area contributed by atoms with E-state index in [0.717, 1.165) is 18.9 Å². The summed E-state index contributed by atoms with van der Waals surface area (Å²) < 4.78 is 27.2. The van der Waals surface area contributed by atoms with E-state index in [2.05, 4.69) is 9.71 Å². The lowest BCUT2D eigenvalue weighted by Crippen LogP contribution is -2.34. The van der Waals surface area contributed by atoms with Gasteiger partial charge < -0.3 is 5.11 Å². The summed E-state index contributed by atoms with van der Waals surface area (Å²) in [5.41, 5.74) is 0.420. The second-order valence-electron chi connectivity index (χ2n) is 4.64. The van der Waals surface area contributed by atoms with Gasteiger partial charge in [0.05, 0.1) is 0 Å². The average molecular weight is 312 g/mol. The van der Waals surface area contributed by atoms with Crippen LogP contribution in [0.3, 0.4) is 0 Å². The zero-order valence-electron chi connectivity index (χ0n) is 12.1. The SMILES string of the molecule is CCCC(CC)NS(=O)(=O)c1cncc(C=CC(=O)O)c1. The molecule has 6 nitrogen and oxygen atoms in total. The summed E-state index contributed by atoms with van der Waals surface area (Å²) in [6, 6.07) is 1.28. The minimum Gasteiger partial charge on any atom is -0.478 e. The van der Waals surface area contributed by atoms with Gasteiger partial charge in [-0.2, -0.15) is 0 Å². The van der Waals surface area contributed by atoms with Crippen molar-refractivity contribution in [2.45, 2.75) is 44.0 Å². The van der Waals surface area contributed by atoms with Gasteiger partial charge in [0.2, 0.25) is 10.0 Å². The first kappa shape index (κ1) is 17.3. The van der Waals surface area contributed by atoms with Crippen molar-refractivity contribution in [2.75, 3.05) is 0 Å². The standard InChI is InChI=1S/C14H20N2O4S/c1-3-5-12(4-2)16-21(19,20)13-8-11(9-15-10-13)6-7-14(17)18/h6-10,12,16H,3-5H2,1-2H3,(H,17,18). The highest BCUT2D eigenvalue weighted by Crippen LogP contribution is 2.13. The van der Waals surface area contributed by atoms with E-state index in [1.807, 2.05) is 13.8 Å². The largest absolute Gasteiger partial charge is 0.478 e. The number of hydrogen-bond donors (Lipinski definition) is 2. The molecule has 0 saturated carbocycles. The Labute approximate surface area is 125 Å². The van der Waals surface area contributed by atoms with Crippen LogP contribution in [-0.4, -0.2) is 30.5 Å². The first-order chi connectivity index (χ1) is 9.89. The van der Waals surface area contributed by atoms with Crippen molar-refractivity contribution >= 4 is 22.1 Å². The predicted molar refractivity (Wildman–Crippen MR) is 80.2 cm³/mol. The second-order valence-corrected chi connectivity index (χ2v) is 6.35. The lowest BCUT2D eigenvalue weighted by atomic mass is 10.1. The van der Waals surface area contributed by atoms with Crippen molar-refractivity contribution in [3.05, 3.63) is 30.1 Å². The molecule has 2 N–H and O–H groups in total. The molecule has 1 atom stereocenters. The molecule has 1 heterocycles. The van der Waals surface area contributed by atoms with E-state index in [4.69, 9.17) is 5.11 Å². The molecule has 1 aromatic heterocycles. The molecule has 21 heavy (non-hydrogen) atoms. The Hall–Kier alpha value is -1.73. The fourth-order valence-corrected chi connectivity index (χ4v) is 3.17. The van der Waals surface area contributed by atoms with Crippen LogP contribution in [0.4, 0.5) is 0 Å². The summed E-state index contributed by atoms with van der Waals surface area (Å²) in [6.07, 6.45) is 7.26. The molecule has 0 saturated heterocycles. The van der Waals surface area contributed by atoms with E-state index in [-0.39, 0.29) is 10.9 Å². The van der Waals surface area contributed by atoms with Crippen molar-refractivity contribution in [3.8, 4) is 0 Å². The van der Waals surface area contributed by atoms with Gasteiger partial charge in [0.15, 0.2) is 0 Å². The number of hydrogen-bond acceptors (Lipinski definition) is 4. The van der Waals surface area contributed by atoms with Crippen molar-refractivity contribution < 1.29 is 18.3 Å². The molecule has 7 heteroatoms. The van der Waals surface area contributed by atoms with Gasteiger partial charge in [-0.05, 0) is 30.5 Å². The Morgan fingerprint density at radius 1 is 1.43 bits per heavy atom. The van der Waals surface area contributed by atoms with Crippen LogP contribution >= 0.6 is 0 Å². The van der Waals surface area contributed by atoms with E-state index in [1.165, 1.54) is 24.5 Å². The van der Waals surface area contributed by atoms with E-state index in [1.54, 1.807) is 0 Å². The van der Waals surface area contributed by atoms with Gasteiger partial charge in [0.25, 0.3) is 0 Å². The quantitative estimate of drug-likeness (QED) is 0.716. The van der Waals surface area contributed by atoms with Crippen LogP contribution in [-0.2, 0) is 14.8 Å². The van der Waals surface area contributed by atoms with Crippen LogP contribution in [0.15, 0.2) is 29.4 Å². The molecule has 0 aliphatic carbocycles. The van der Waals surface area contributed by atoms with Crippen LogP contribution < -0.4 is 4.72 Å². The molecule has 0 bridgehead atoms. The first-order valence-electron chi connectivity index (χ1n) is 6.77. The number of aliphatic carboxylic acids is 1. The number of sulfonamides is 1. The number of rotatable bonds is 8. The summed E-state index contributed by atoms with van der Waals surface area (Å²) in [7, 11) is -3.65. The van der Waals surface area contributed by atoms with E-state index in [9.17, 15) is 13.2 Å². The van der Waals surface area contributed by atoms with Gasteiger partial charge in [-0.25, -0.2) is 17.9 Å². The third-order valence-corrected chi connectivity index (χ3v) is 4.40. The third kappa shape index (κ3) is 5.65. The molecule has 1 unspecified atom stereocenters. The minimum absolute atomic E-state index is 0.0320. The highest BCUT2D eigenvalue weighted by molar-refractivity contribution is 7.89. The summed E-state index contributed by atoms with van der Waals surface area (Å²) in [4.78, 5) is 14.3. The topological polar surface area (TPSA) is 96.4 Å². The summed E-state index contributed by atoms with van der Waals surface area (Å²) in [6.45, 7) is 3.92. The average Bonchev–Trinajstić information content (AvgIpc) is 2.44. The Morgan fingerprint density at radius 2 is 2.14 bits per heavy atom. The van der Waals surface area contributed by atoms with Crippen LogP contribution in [0.5, 0.6) is 0 Å². The summed E-state index contributed by atoms with van der Waals surface area (Å²) >= 11 is 0. The maximum atomic E-state index is 12.3. The van der Waals surface area contributed by atoms with Gasteiger partial charge in [0, 0.05) is 24.5 Å². The Kier molecular flexibility index (Phi) is 6.51. The van der Waals surface area contributed by atoms with E-state index in [0.29, 0.717) is 12.0 Å². The smallest absolute Gasteiger partial charge is 0.328 e. The third-order valence-electron chi connectivity index (χ3n) is 2.91. The van der Waals surface area contributed by atoms with Gasteiger partial charge in [-0.1, -0.05) is 20.3 Å². The molecule has 0 fully saturated rings. The molecule has 1 aromatic rings. The Morgan fingerprint density at radius 3 is 2.71 bits per heavy atom. The van der Waals surface area contributed by atoms with Crippen LogP contribution in [0, 0.1) is 0 Å². The van der Waals surface area contributed by atoms with Crippen molar-refractivity contribution in [1.82, 2.24) is 9.71 Å². The van der Waals surface area contributed by atoms with Gasteiger partial charge in [0.1, 0.15) is 4.90 Å². The molecule has 0 aromatic carbocycles. The highest BCUT2D eigenvalue weighted by atomic mass is 32.2. The van der Waals surface area contributed by atoms with Gasteiger partial charge in [-0.15, -0.1) is 0 Å². The summed E-state index contributed by atoms with van der Waals surface area (Å²) in [5.74, 6) is -1.10.